The SMILES string of the molecule is CC(C)C(NC(=O)Nc1cccc(Cl)c1Br)C(=O)O. The largest absolute Gasteiger partial charge is 0.480 e. The summed E-state index contributed by atoms with van der Waals surface area (Å²) in [5.74, 6) is -1.29. The van der Waals surface area contributed by atoms with Crippen molar-refractivity contribution in [2.45, 2.75) is 19.9 Å². The molecule has 3 N–H and O–H groups in total. The second kappa shape index (κ2) is 6.77. The highest BCUT2D eigenvalue weighted by molar-refractivity contribution is 9.10. The van der Waals surface area contributed by atoms with E-state index in [1.54, 1.807) is 32.0 Å². The van der Waals surface area contributed by atoms with Crippen molar-refractivity contribution >= 4 is 45.2 Å². The number of halogens is 2. The standard InChI is InChI=1S/C12H14BrClN2O3/c1-6(2)10(11(17)18)16-12(19)15-8-5-3-4-7(14)9(8)13/h3-6,10H,1-2H3,(H,17,18)(H2,15,16,19). The van der Waals surface area contributed by atoms with Crippen LogP contribution in [-0.4, -0.2) is 23.1 Å². The Balaban J connectivity index is 2.75. The Morgan fingerprint density at radius 3 is 2.53 bits per heavy atom. The number of carboxylic acid groups (broad SMARTS) is 1. The number of amides is 2. The summed E-state index contributed by atoms with van der Waals surface area (Å²) in [7, 11) is 0. The maximum atomic E-state index is 11.7. The van der Waals surface area contributed by atoms with Gasteiger partial charge < -0.3 is 15.7 Å². The van der Waals surface area contributed by atoms with Crippen LogP contribution in [0.4, 0.5) is 10.5 Å². The van der Waals surface area contributed by atoms with E-state index in [4.69, 9.17) is 16.7 Å². The lowest BCUT2D eigenvalue weighted by molar-refractivity contribution is -0.140. The summed E-state index contributed by atoms with van der Waals surface area (Å²) in [6.45, 7) is 3.43. The number of aliphatic carboxylic acids is 1. The molecule has 0 aliphatic rings. The van der Waals surface area contributed by atoms with Crippen LogP contribution >= 0.6 is 27.5 Å². The van der Waals surface area contributed by atoms with E-state index in [0.717, 1.165) is 0 Å². The van der Waals surface area contributed by atoms with E-state index in [0.29, 0.717) is 15.2 Å². The molecule has 0 bridgehead atoms. The zero-order valence-corrected chi connectivity index (χ0v) is 12.7. The molecule has 0 heterocycles. The van der Waals surface area contributed by atoms with Crippen LogP contribution in [0.1, 0.15) is 13.8 Å². The number of carbonyl (C=O) groups is 2. The van der Waals surface area contributed by atoms with Crippen LogP contribution in [0.15, 0.2) is 22.7 Å². The van der Waals surface area contributed by atoms with Crippen LogP contribution in [0.2, 0.25) is 5.02 Å². The molecular weight excluding hydrogens is 336 g/mol. The third-order valence-electron chi connectivity index (χ3n) is 2.42. The lowest BCUT2D eigenvalue weighted by Crippen LogP contribution is -2.46. The normalized spacial score (nSPS) is 12.1. The maximum absolute atomic E-state index is 11.7. The van der Waals surface area contributed by atoms with E-state index in [-0.39, 0.29) is 5.92 Å². The first-order valence-electron chi connectivity index (χ1n) is 5.57. The Bertz CT molecular complexity index is 494. The van der Waals surface area contributed by atoms with E-state index in [9.17, 15) is 9.59 Å². The molecule has 0 saturated heterocycles. The van der Waals surface area contributed by atoms with Crippen molar-refractivity contribution in [3.8, 4) is 0 Å². The van der Waals surface area contributed by atoms with Gasteiger partial charge in [-0.1, -0.05) is 31.5 Å². The van der Waals surface area contributed by atoms with E-state index in [1.807, 2.05) is 0 Å². The van der Waals surface area contributed by atoms with Crippen LogP contribution in [0.3, 0.4) is 0 Å². The molecule has 0 aromatic heterocycles. The molecule has 0 aliphatic heterocycles. The van der Waals surface area contributed by atoms with Gasteiger partial charge in [0.05, 0.1) is 15.2 Å². The summed E-state index contributed by atoms with van der Waals surface area (Å²) >= 11 is 9.13. The fourth-order valence-corrected chi connectivity index (χ4v) is 1.95. The number of hydrogen-bond acceptors (Lipinski definition) is 2. The van der Waals surface area contributed by atoms with Gasteiger partial charge in [-0.3, -0.25) is 0 Å². The first-order chi connectivity index (χ1) is 8.82. The number of benzene rings is 1. The lowest BCUT2D eigenvalue weighted by Gasteiger charge is -2.18. The Hall–Kier alpha value is -1.27. The van der Waals surface area contributed by atoms with Crippen LogP contribution in [0.5, 0.6) is 0 Å². The fourth-order valence-electron chi connectivity index (χ4n) is 1.41. The maximum Gasteiger partial charge on any atom is 0.326 e. The van der Waals surface area contributed by atoms with Gasteiger partial charge in [0, 0.05) is 0 Å². The second-order valence-corrected chi connectivity index (χ2v) is 5.46. The van der Waals surface area contributed by atoms with Gasteiger partial charge in [-0.05, 0) is 34.0 Å². The first kappa shape index (κ1) is 15.8. The molecule has 2 amide bonds. The quantitative estimate of drug-likeness (QED) is 0.780. The molecule has 0 saturated carbocycles. The van der Waals surface area contributed by atoms with E-state index in [1.165, 1.54) is 0 Å². The molecule has 7 heteroatoms. The van der Waals surface area contributed by atoms with Crippen molar-refractivity contribution in [2.24, 2.45) is 5.92 Å². The number of nitrogens with one attached hydrogen (secondary N) is 2. The highest BCUT2D eigenvalue weighted by Crippen LogP contribution is 2.29. The van der Waals surface area contributed by atoms with Crippen LogP contribution in [-0.2, 0) is 4.79 Å². The number of anilines is 1. The highest BCUT2D eigenvalue weighted by Gasteiger charge is 2.23. The van der Waals surface area contributed by atoms with E-state index < -0.39 is 18.0 Å². The van der Waals surface area contributed by atoms with Crippen molar-refractivity contribution in [3.63, 3.8) is 0 Å². The Morgan fingerprint density at radius 2 is 2.00 bits per heavy atom. The van der Waals surface area contributed by atoms with Gasteiger partial charge >= 0.3 is 12.0 Å². The van der Waals surface area contributed by atoms with Gasteiger partial charge in [0.15, 0.2) is 0 Å². The van der Waals surface area contributed by atoms with Crippen LogP contribution in [0, 0.1) is 5.92 Å². The molecule has 1 atom stereocenters. The van der Waals surface area contributed by atoms with Gasteiger partial charge in [0.1, 0.15) is 6.04 Å². The highest BCUT2D eigenvalue weighted by atomic mass is 79.9. The summed E-state index contributed by atoms with van der Waals surface area (Å²) < 4.78 is 0.545. The molecule has 1 aromatic carbocycles. The number of carbonyl (C=O) groups excluding carboxylic acids is 1. The molecule has 0 fully saturated rings. The average molecular weight is 350 g/mol. The summed E-state index contributed by atoms with van der Waals surface area (Å²) in [5, 5.41) is 14.4. The minimum absolute atomic E-state index is 0.217. The van der Waals surface area contributed by atoms with Crippen molar-refractivity contribution in [2.75, 3.05) is 5.32 Å². The second-order valence-electron chi connectivity index (χ2n) is 4.26. The molecule has 0 spiro atoms. The summed E-state index contributed by atoms with van der Waals surface area (Å²) in [5.41, 5.74) is 0.470. The topological polar surface area (TPSA) is 78.4 Å². The predicted octanol–water partition coefficient (Wildman–Crippen LogP) is 3.33. The van der Waals surface area contributed by atoms with Gasteiger partial charge in [-0.2, -0.15) is 0 Å². The smallest absolute Gasteiger partial charge is 0.326 e. The van der Waals surface area contributed by atoms with Crippen molar-refractivity contribution in [1.82, 2.24) is 5.32 Å². The van der Waals surface area contributed by atoms with Gasteiger partial charge in [-0.25, -0.2) is 9.59 Å². The summed E-state index contributed by atoms with van der Waals surface area (Å²) in [4.78, 5) is 22.7. The molecule has 0 aliphatic carbocycles. The summed E-state index contributed by atoms with van der Waals surface area (Å²) in [6.07, 6.45) is 0. The number of hydrogen-bond donors (Lipinski definition) is 3. The average Bonchev–Trinajstić information content (AvgIpc) is 2.31. The molecule has 104 valence electrons. The molecule has 0 radical (unpaired) electrons. The van der Waals surface area contributed by atoms with E-state index in [2.05, 4.69) is 26.6 Å². The third kappa shape index (κ3) is 4.40. The Kier molecular flexibility index (Phi) is 5.62. The van der Waals surface area contributed by atoms with E-state index >= 15 is 0 Å². The summed E-state index contributed by atoms with van der Waals surface area (Å²) in [6, 6.07) is 3.46. The minimum atomic E-state index is -1.07. The van der Waals surface area contributed by atoms with Crippen LogP contribution in [0.25, 0.3) is 0 Å². The molecule has 1 aromatic rings. The van der Waals surface area contributed by atoms with Crippen molar-refractivity contribution in [3.05, 3.63) is 27.7 Å². The number of rotatable bonds is 4. The Morgan fingerprint density at radius 1 is 1.37 bits per heavy atom. The minimum Gasteiger partial charge on any atom is -0.480 e. The third-order valence-corrected chi connectivity index (χ3v) is 3.82. The molecule has 1 unspecified atom stereocenters. The van der Waals surface area contributed by atoms with Gasteiger partial charge in [0.25, 0.3) is 0 Å². The zero-order valence-electron chi connectivity index (χ0n) is 10.4. The van der Waals surface area contributed by atoms with Crippen molar-refractivity contribution in [1.29, 1.82) is 0 Å². The monoisotopic (exact) mass is 348 g/mol. The van der Waals surface area contributed by atoms with Gasteiger partial charge in [0.2, 0.25) is 0 Å². The fraction of sp³-hybridized carbons (Fsp3) is 0.333. The molecule has 5 nitrogen and oxygen atoms in total. The van der Waals surface area contributed by atoms with Crippen molar-refractivity contribution < 1.29 is 14.7 Å². The lowest BCUT2D eigenvalue weighted by atomic mass is 10.1. The van der Waals surface area contributed by atoms with Crippen LogP contribution < -0.4 is 10.6 Å². The molecule has 19 heavy (non-hydrogen) atoms. The first-order valence-corrected chi connectivity index (χ1v) is 6.74. The number of urea groups is 1. The molecular formula is C12H14BrClN2O3. The predicted molar refractivity (Wildman–Crippen MR) is 77.6 cm³/mol. The van der Waals surface area contributed by atoms with Gasteiger partial charge in [-0.15, -0.1) is 0 Å². The zero-order chi connectivity index (χ0) is 14.6. The Labute approximate surface area is 124 Å². The molecule has 1 rings (SSSR count). The number of carboxylic acids is 1.